The molecule has 4 atom stereocenters. The first-order chi connectivity index (χ1) is 14.6. The second-order valence-electron chi connectivity index (χ2n) is 8.62. The van der Waals surface area contributed by atoms with Crippen LogP contribution < -0.4 is 10.9 Å². The molecule has 1 aromatic rings. The summed E-state index contributed by atoms with van der Waals surface area (Å²) in [5.74, 6) is -0.645. The van der Waals surface area contributed by atoms with Crippen LogP contribution in [0, 0.1) is 11.8 Å². The van der Waals surface area contributed by atoms with Gasteiger partial charge in [-0.3, -0.25) is 14.5 Å². The summed E-state index contributed by atoms with van der Waals surface area (Å²) in [6.45, 7) is 4.31. The van der Waals surface area contributed by atoms with Crippen LogP contribution in [0.3, 0.4) is 0 Å². The van der Waals surface area contributed by atoms with E-state index in [0.29, 0.717) is 19.7 Å². The van der Waals surface area contributed by atoms with Crippen molar-refractivity contribution in [2.24, 2.45) is 11.8 Å². The number of nitrogens with zero attached hydrogens (tertiary/aromatic N) is 2. The molecular weight excluding hydrogens is 382 g/mol. The molecular formula is C23H33N3O4. The van der Waals surface area contributed by atoms with Crippen molar-refractivity contribution in [1.29, 1.82) is 0 Å². The van der Waals surface area contributed by atoms with Crippen LogP contribution in [0.2, 0.25) is 0 Å². The van der Waals surface area contributed by atoms with Crippen molar-refractivity contribution < 1.29 is 14.6 Å². The highest BCUT2D eigenvalue weighted by atomic mass is 16.5. The molecule has 30 heavy (non-hydrogen) atoms. The first-order valence-corrected chi connectivity index (χ1v) is 11.2. The summed E-state index contributed by atoms with van der Waals surface area (Å²) < 4.78 is 6.94. The largest absolute Gasteiger partial charge is 0.396 e. The third kappa shape index (κ3) is 3.53. The smallest absolute Gasteiger partial charge is 0.258 e. The minimum Gasteiger partial charge on any atom is -0.396 e. The summed E-state index contributed by atoms with van der Waals surface area (Å²) >= 11 is 0. The zero-order chi connectivity index (χ0) is 21.3. The highest BCUT2D eigenvalue weighted by molar-refractivity contribution is 5.80. The number of allylic oxidation sites excluding steroid dienone is 2. The SMILES string of the molecule is CCCN1[C@@H]2c3ccc(C4=CCCC4)c(=O)n3C[C@H]1[C@H](CO)[C@H]2C(=O)NCCOC. The Morgan fingerprint density at radius 2 is 2.20 bits per heavy atom. The van der Waals surface area contributed by atoms with Crippen molar-refractivity contribution in [2.75, 3.05) is 33.4 Å². The summed E-state index contributed by atoms with van der Waals surface area (Å²) in [4.78, 5) is 28.9. The van der Waals surface area contributed by atoms with Gasteiger partial charge < -0.3 is 19.7 Å². The van der Waals surface area contributed by atoms with E-state index in [9.17, 15) is 14.7 Å². The number of hydrogen-bond donors (Lipinski definition) is 2. The molecule has 7 heteroatoms. The summed E-state index contributed by atoms with van der Waals surface area (Å²) in [5, 5.41) is 13.2. The van der Waals surface area contributed by atoms with Crippen LogP contribution in [0.5, 0.6) is 0 Å². The van der Waals surface area contributed by atoms with Crippen molar-refractivity contribution in [3.63, 3.8) is 0 Å². The summed E-state index contributed by atoms with van der Waals surface area (Å²) in [5.41, 5.74) is 2.88. The molecule has 0 spiro atoms. The van der Waals surface area contributed by atoms with Crippen LogP contribution in [0.25, 0.3) is 5.57 Å². The highest BCUT2D eigenvalue weighted by Crippen LogP contribution is 2.48. The Morgan fingerprint density at radius 1 is 1.37 bits per heavy atom. The molecule has 1 fully saturated rings. The van der Waals surface area contributed by atoms with Crippen LogP contribution in [0.15, 0.2) is 23.0 Å². The van der Waals surface area contributed by atoms with Gasteiger partial charge in [0.15, 0.2) is 0 Å². The Hall–Kier alpha value is -1.96. The van der Waals surface area contributed by atoms with E-state index in [1.807, 2.05) is 16.7 Å². The van der Waals surface area contributed by atoms with Crippen molar-refractivity contribution in [2.45, 2.75) is 51.2 Å². The van der Waals surface area contributed by atoms with E-state index in [1.54, 1.807) is 7.11 Å². The molecule has 4 rings (SSSR count). The monoisotopic (exact) mass is 415 g/mol. The van der Waals surface area contributed by atoms with Crippen molar-refractivity contribution in [1.82, 2.24) is 14.8 Å². The average Bonchev–Trinajstić information content (AvgIpc) is 3.33. The second-order valence-corrected chi connectivity index (χ2v) is 8.62. The Kier molecular flexibility index (Phi) is 6.41. The quantitative estimate of drug-likeness (QED) is 0.630. The van der Waals surface area contributed by atoms with Gasteiger partial charge in [-0.25, -0.2) is 0 Å². The average molecular weight is 416 g/mol. The summed E-state index contributed by atoms with van der Waals surface area (Å²) in [6.07, 6.45) is 6.21. The number of methoxy groups -OCH3 is 1. The highest BCUT2D eigenvalue weighted by Gasteiger charge is 2.55. The van der Waals surface area contributed by atoms with E-state index in [2.05, 4.69) is 23.2 Å². The first-order valence-electron chi connectivity index (χ1n) is 11.2. The number of aromatic nitrogens is 1. The van der Waals surface area contributed by atoms with Gasteiger partial charge in [-0.05, 0) is 49.9 Å². The number of hydrogen-bond acceptors (Lipinski definition) is 5. The van der Waals surface area contributed by atoms with E-state index in [-0.39, 0.29) is 42.0 Å². The van der Waals surface area contributed by atoms with Crippen LogP contribution in [0.4, 0.5) is 0 Å². The predicted molar refractivity (Wildman–Crippen MR) is 115 cm³/mol. The number of amides is 1. The molecule has 2 bridgehead atoms. The third-order valence-electron chi connectivity index (χ3n) is 6.95. The minimum absolute atomic E-state index is 0.0175. The van der Waals surface area contributed by atoms with Crippen LogP contribution in [-0.4, -0.2) is 59.9 Å². The molecule has 7 nitrogen and oxygen atoms in total. The molecule has 2 aliphatic heterocycles. The molecule has 0 aromatic carbocycles. The predicted octanol–water partition coefficient (Wildman–Crippen LogP) is 1.55. The molecule has 1 amide bonds. The lowest BCUT2D eigenvalue weighted by molar-refractivity contribution is -0.127. The number of rotatable bonds is 8. The molecule has 0 saturated carbocycles. The molecule has 1 aromatic heterocycles. The minimum atomic E-state index is -0.381. The van der Waals surface area contributed by atoms with Crippen molar-refractivity contribution in [3.8, 4) is 0 Å². The maximum atomic E-state index is 13.4. The Bertz CT molecular complexity index is 878. The van der Waals surface area contributed by atoms with E-state index in [1.165, 1.54) is 0 Å². The van der Waals surface area contributed by atoms with Gasteiger partial charge in [0, 0.05) is 50.0 Å². The zero-order valence-electron chi connectivity index (χ0n) is 18.0. The number of ether oxygens (including phenoxy) is 1. The third-order valence-corrected chi connectivity index (χ3v) is 6.95. The standard InChI is InChI=1S/C23H33N3O4/c1-3-11-25-19-13-26-18(9-8-16(23(26)29)15-6-4-5-7-15)21(25)20(17(19)14-27)22(28)24-10-12-30-2/h6,8-9,17,19-21,27H,3-5,7,10-14H2,1-2H3,(H,24,28)/t17-,19-,20+,21+/m0/s1. The number of aliphatic hydroxyl groups is 1. The molecule has 1 saturated heterocycles. The number of carbonyl (C=O) groups is 1. The van der Waals surface area contributed by atoms with Crippen LogP contribution in [-0.2, 0) is 16.1 Å². The van der Waals surface area contributed by atoms with Gasteiger partial charge in [0.2, 0.25) is 5.91 Å². The topological polar surface area (TPSA) is 83.8 Å². The number of nitrogens with one attached hydrogen (secondary N) is 1. The normalized spacial score (nSPS) is 27.8. The van der Waals surface area contributed by atoms with E-state index in [4.69, 9.17) is 4.74 Å². The second kappa shape index (κ2) is 9.04. The Balaban J connectivity index is 1.74. The Labute approximate surface area is 177 Å². The van der Waals surface area contributed by atoms with Gasteiger partial charge in [-0.2, -0.15) is 0 Å². The Morgan fingerprint density at radius 3 is 2.87 bits per heavy atom. The van der Waals surface area contributed by atoms with Crippen molar-refractivity contribution >= 4 is 11.5 Å². The lowest BCUT2D eigenvalue weighted by Gasteiger charge is -2.38. The summed E-state index contributed by atoms with van der Waals surface area (Å²) in [6, 6.07) is 3.77. The molecule has 3 aliphatic rings. The van der Waals surface area contributed by atoms with Crippen LogP contribution >= 0.6 is 0 Å². The van der Waals surface area contributed by atoms with Gasteiger partial charge in [0.25, 0.3) is 5.56 Å². The van der Waals surface area contributed by atoms with Crippen LogP contribution in [0.1, 0.15) is 49.9 Å². The van der Waals surface area contributed by atoms with E-state index in [0.717, 1.165) is 49.1 Å². The van der Waals surface area contributed by atoms with Gasteiger partial charge in [0.05, 0.1) is 18.6 Å². The fraction of sp³-hybridized carbons (Fsp3) is 0.652. The van der Waals surface area contributed by atoms with E-state index >= 15 is 0 Å². The van der Waals surface area contributed by atoms with Gasteiger partial charge in [-0.15, -0.1) is 0 Å². The number of pyridine rings is 1. The number of carbonyl (C=O) groups excluding carboxylic acids is 1. The number of aliphatic hydroxyl groups excluding tert-OH is 1. The molecule has 2 N–H and O–H groups in total. The molecule has 1 aliphatic carbocycles. The lowest BCUT2D eigenvalue weighted by Crippen LogP contribution is -2.47. The van der Waals surface area contributed by atoms with Gasteiger partial charge >= 0.3 is 0 Å². The first kappa shape index (κ1) is 21.3. The molecule has 0 radical (unpaired) electrons. The fourth-order valence-electron chi connectivity index (χ4n) is 5.64. The van der Waals surface area contributed by atoms with E-state index < -0.39 is 0 Å². The summed E-state index contributed by atoms with van der Waals surface area (Å²) in [7, 11) is 1.61. The maximum absolute atomic E-state index is 13.4. The zero-order valence-corrected chi connectivity index (χ0v) is 18.0. The number of fused-ring (bicyclic) bond motifs is 4. The van der Waals surface area contributed by atoms with Crippen molar-refractivity contribution in [3.05, 3.63) is 39.8 Å². The van der Waals surface area contributed by atoms with Gasteiger partial charge in [0.1, 0.15) is 0 Å². The molecule has 3 heterocycles. The molecule has 0 unspecified atom stereocenters. The maximum Gasteiger partial charge on any atom is 0.258 e. The van der Waals surface area contributed by atoms with Gasteiger partial charge in [-0.1, -0.05) is 13.0 Å². The molecule has 164 valence electrons. The lowest BCUT2D eigenvalue weighted by atomic mass is 9.86. The fourth-order valence-corrected chi connectivity index (χ4v) is 5.64.